The summed E-state index contributed by atoms with van der Waals surface area (Å²) in [7, 11) is 2.13. The van der Waals surface area contributed by atoms with Gasteiger partial charge in [-0.25, -0.2) is 5.01 Å². The van der Waals surface area contributed by atoms with Crippen LogP contribution in [0, 0.1) is 13.8 Å². The van der Waals surface area contributed by atoms with Gasteiger partial charge in [0, 0.05) is 38.2 Å². The minimum atomic E-state index is -0.0960. The Morgan fingerprint density at radius 3 is 2.44 bits per heavy atom. The van der Waals surface area contributed by atoms with Crippen LogP contribution >= 0.6 is 0 Å². The van der Waals surface area contributed by atoms with E-state index < -0.39 is 0 Å². The van der Waals surface area contributed by atoms with Crippen LogP contribution in [0.25, 0.3) is 0 Å². The first-order valence-corrected chi connectivity index (χ1v) is 11.6. The zero-order valence-corrected chi connectivity index (χ0v) is 19.7. The molecule has 1 fully saturated rings. The lowest BCUT2D eigenvalue weighted by Gasteiger charge is -2.33. The number of hydrogen-bond acceptors (Lipinski definition) is 5. The van der Waals surface area contributed by atoms with Crippen molar-refractivity contribution >= 4 is 11.6 Å². The zero-order chi connectivity index (χ0) is 22.7. The van der Waals surface area contributed by atoms with E-state index in [1.165, 1.54) is 11.1 Å². The number of amides is 1. The number of aryl methyl sites for hydroxylation is 2. The first-order chi connectivity index (χ1) is 15.4. The minimum Gasteiger partial charge on any atom is -0.494 e. The molecule has 0 saturated carbocycles. The van der Waals surface area contributed by atoms with E-state index in [0.29, 0.717) is 19.6 Å². The maximum Gasteiger partial charge on any atom is 0.257 e. The van der Waals surface area contributed by atoms with Crippen LogP contribution in [0.2, 0.25) is 0 Å². The molecule has 170 valence electrons. The molecule has 2 aliphatic rings. The van der Waals surface area contributed by atoms with Gasteiger partial charge in [0.2, 0.25) is 0 Å². The summed E-state index contributed by atoms with van der Waals surface area (Å²) in [6.07, 6.45) is 0.715. The van der Waals surface area contributed by atoms with Crippen molar-refractivity contribution in [3.05, 3.63) is 64.7 Å². The molecule has 32 heavy (non-hydrogen) atoms. The van der Waals surface area contributed by atoms with Gasteiger partial charge in [0.1, 0.15) is 5.75 Å². The molecule has 0 aliphatic carbocycles. The molecular weight excluding hydrogens is 400 g/mol. The highest BCUT2D eigenvalue weighted by Gasteiger charge is 2.34. The van der Waals surface area contributed by atoms with E-state index in [0.717, 1.165) is 48.8 Å². The molecule has 2 aromatic carbocycles. The molecule has 1 saturated heterocycles. The number of nitrogens with zero attached hydrogens (tertiary/aromatic N) is 4. The Kier molecular flexibility index (Phi) is 6.92. The van der Waals surface area contributed by atoms with Gasteiger partial charge in [-0.1, -0.05) is 35.9 Å². The van der Waals surface area contributed by atoms with Crippen LogP contribution in [0.1, 0.15) is 41.6 Å². The highest BCUT2D eigenvalue weighted by molar-refractivity contribution is 6.04. The monoisotopic (exact) mass is 434 g/mol. The van der Waals surface area contributed by atoms with E-state index in [4.69, 9.17) is 9.84 Å². The molecule has 2 aromatic rings. The van der Waals surface area contributed by atoms with E-state index in [1.807, 2.05) is 19.1 Å². The summed E-state index contributed by atoms with van der Waals surface area (Å²) >= 11 is 0. The van der Waals surface area contributed by atoms with Gasteiger partial charge in [-0.2, -0.15) is 5.10 Å². The fourth-order valence-corrected chi connectivity index (χ4v) is 4.52. The van der Waals surface area contributed by atoms with E-state index in [9.17, 15) is 4.79 Å². The van der Waals surface area contributed by atoms with Crippen molar-refractivity contribution in [2.24, 2.45) is 5.10 Å². The molecule has 2 heterocycles. The van der Waals surface area contributed by atoms with Gasteiger partial charge in [0.05, 0.1) is 24.9 Å². The summed E-state index contributed by atoms with van der Waals surface area (Å²) in [5, 5.41) is 6.60. The normalized spacial score (nSPS) is 19.8. The molecule has 0 radical (unpaired) electrons. The van der Waals surface area contributed by atoms with Gasteiger partial charge in [-0.15, -0.1) is 0 Å². The summed E-state index contributed by atoms with van der Waals surface area (Å²) in [4.78, 5) is 17.9. The van der Waals surface area contributed by atoms with Gasteiger partial charge in [0.25, 0.3) is 5.91 Å². The number of hydrazone groups is 1. The van der Waals surface area contributed by atoms with Crippen LogP contribution in [0.4, 0.5) is 0 Å². The van der Waals surface area contributed by atoms with E-state index in [-0.39, 0.29) is 11.9 Å². The topological polar surface area (TPSA) is 48.4 Å². The quantitative estimate of drug-likeness (QED) is 0.697. The summed E-state index contributed by atoms with van der Waals surface area (Å²) < 4.78 is 5.60. The predicted molar refractivity (Wildman–Crippen MR) is 128 cm³/mol. The number of ether oxygens (including phenoxy) is 1. The Morgan fingerprint density at radius 2 is 1.78 bits per heavy atom. The number of benzene rings is 2. The highest BCUT2D eigenvalue weighted by Crippen LogP contribution is 2.34. The molecule has 0 N–H and O–H groups in total. The molecular formula is C26H34N4O2. The lowest BCUT2D eigenvalue weighted by Crippen LogP contribution is -2.48. The molecule has 6 nitrogen and oxygen atoms in total. The van der Waals surface area contributed by atoms with Crippen LogP contribution in [-0.2, 0) is 4.79 Å². The lowest BCUT2D eigenvalue weighted by molar-refractivity contribution is -0.134. The van der Waals surface area contributed by atoms with Gasteiger partial charge in [-0.05, 0) is 51.1 Å². The SMILES string of the molecule is CCOc1ccc(C2CC(c3ccc(C)cc3C)=NN2C(=O)CN2CCN(C)CC2)cc1. The second kappa shape index (κ2) is 9.84. The van der Waals surface area contributed by atoms with Crippen molar-refractivity contribution in [1.82, 2.24) is 14.8 Å². The first kappa shape index (κ1) is 22.5. The van der Waals surface area contributed by atoms with Crippen molar-refractivity contribution in [1.29, 1.82) is 0 Å². The summed E-state index contributed by atoms with van der Waals surface area (Å²) in [5.41, 5.74) is 5.62. The minimum absolute atomic E-state index is 0.0632. The van der Waals surface area contributed by atoms with Crippen molar-refractivity contribution in [3.8, 4) is 5.75 Å². The zero-order valence-electron chi connectivity index (χ0n) is 19.7. The first-order valence-electron chi connectivity index (χ1n) is 11.6. The van der Waals surface area contributed by atoms with Crippen LogP contribution in [0.5, 0.6) is 5.75 Å². The van der Waals surface area contributed by atoms with E-state index in [1.54, 1.807) is 5.01 Å². The lowest BCUT2D eigenvalue weighted by atomic mass is 9.95. The smallest absolute Gasteiger partial charge is 0.257 e. The number of rotatable bonds is 6. The van der Waals surface area contributed by atoms with Gasteiger partial charge in [0.15, 0.2) is 0 Å². The second-order valence-corrected chi connectivity index (χ2v) is 8.90. The van der Waals surface area contributed by atoms with Crippen LogP contribution in [-0.4, -0.2) is 72.8 Å². The fourth-order valence-electron chi connectivity index (χ4n) is 4.52. The Morgan fingerprint density at radius 1 is 1.06 bits per heavy atom. The average Bonchev–Trinajstić information content (AvgIpc) is 3.21. The third-order valence-electron chi connectivity index (χ3n) is 6.39. The molecule has 0 aromatic heterocycles. The Labute approximate surface area is 191 Å². The standard InChI is InChI=1S/C26H34N4O2/c1-5-32-22-9-7-21(8-10-22)25-17-24(23-11-6-19(2)16-20(23)3)27-30(25)26(31)18-29-14-12-28(4)13-15-29/h6-11,16,25H,5,12-15,17-18H2,1-4H3. The van der Waals surface area contributed by atoms with Crippen molar-refractivity contribution in [2.75, 3.05) is 46.4 Å². The van der Waals surface area contributed by atoms with Gasteiger partial charge in [-0.3, -0.25) is 9.69 Å². The molecule has 6 heteroatoms. The molecule has 1 amide bonds. The Hall–Kier alpha value is -2.70. The van der Waals surface area contributed by atoms with Gasteiger partial charge >= 0.3 is 0 Å². The van der Waals surface area contributed by atoms with Crippen LogP contribution in [0.15, 0.2) is 47.6 Å². The summed E-state index contributed by atoms with van der Waals surface area (Å²) in [6.45, 7) is 11.1. The van der Waals surface area contributed by atoms with E-state index in [2.05, 4.69) is 61.0 Å². The van der Waals surface area contributed by atoms with Crippen molar-refractivity contribution in [3.63, 3.8) is 0 Å². The third-order valence-corrected chi connectivity index (χ3v) is 6.39. The number of carbonyl (C=O) groups is 1. The second-order valence-electron chi connectivity index (χ2n) is 8.90. The van der Waals surface area contributed by atoms with Crippen molar-refractivity contribution in [2.45, 2.75) is 33.2 Å². The van der Waals surface area contributed by atoms with Crippen molar-refractivity contribution < 1.29 is 9.53 Å². The Bertz CT molecular complexity index is 978. The molecule has 1 unspecified atom stereocenters. The molecule has 0 bridgehead atoms. The largest absolute Gasteiger partial charge is 0.494 e. The molecule has 2 aliphatic heterocycles. The Balaban J connectivity index is 1.59. The fraction of sp³-hybridized carbons (Fsp3) is 0.462. The number of carbonyl (C=O) groups excluding carboxylic acids is 1. The summed E-state index contributed by atoms with van der Waals surface area (Å²) in [5.74, 6) is 0.910. The van der Waals surface area contributed by atoms with Crippen LogP contribution in [0.3, 0.4) is 0 Å². The van der Waals surface area contributed by atoms with Gasteiger partial charge < -0.3 is 9.64 Å². The summed E-state index contributed by atoms with van der Waals surface area (Å²) in [6, 6.07) is 14.4. The highest BCUT2D eigenvalue weighted by atomic mass is 16.5. The number of likely N-dealkylation sites (N-methyl/N-ethyl adjacent to an activating group) is 1. The van der Waals surface area contributed by atoms with E-state index >= 15 is 0 Å². The number of hydrogen-bond donors (Lipinski definition) is 0. The third kappa shape index (κ3) is 5.03. The maximum absolute atomic E-state index is 13.4. The maximum atomic E-state index is 13.4. The number of piperazine rings is 1. The molecule has 1 atom stereocenters. The molecule has 0 spiro atoms. The van der Waals surface area contributed by atoms with Crippen LogP contribution < -0.4 is 4.74 Å². The predicted octanol–water partition coefficient (Wildman–Crippen LogP) is 3.63. The average molecular weight is 435 g/mol. The molecule has 4 rings (SSSR count).